The number of ether oxygens (including phenoxy) is 1. The summed E-state index contributed by atoms with van der Waals surface area (Å²) >= 11 is 0. The molecule has 1 saturated carbocycles. The van der Waals surface area contributed by atoms with Gasteiger partial charge in [0.2, 0.25) is 0 Å². The zero-order valence-electron chi connectivity index (χ0n) is 17.1. The van der Waals surface area contributed by atoms with Crippen LogP contribution < -0.4 is 11.6 Å². The quantitative estimate of drug-likeness (QED) is 0.433. The summed E-state index contributed by atoms with van der Waals surface area (Å²) in [7, 11) is 0.958. The molecule has 1 amide bonds. The first kappa shape index (κ1) is 25.1. The molecule has 1 heterocycles. The summed E-state index contributed by atoms with van der Waals surface area (Å²) in [6.45, 7) is 8.43. The van der Waals surface area contributed by atoms with E-state index in [0.29, 0.717) is 19.0 Å². The van der Waals surface area contributed by atoms with Gasteiger partial charge in [-0.3, -0.25) is 0 Å². The minimum Gasteiger partial charge on any atom is -0.444 e. The van der Waals surface area contributed by atoms with Gasteiger partial charge in [-0.15, -0.1) is 0 Å². The Bertz CT molecular complexity index is 470. The number of likely N-dealkylation sites (tertiary alicyclic amines) is 1. The molecule has 0 bridgehead atoms. The van der Waals surface area contributed by atoms with E-state index in [1.807, 2.05) is 27.0 Å². The second-order valence-electron chi connectivity index (χ2n) is 7.44. The van der Waals surface area contributed by atoms with Gasteiger partial charge in [-0.2, -0.15) is 4.94 Å². The third kappa shape index (κ3) is 11.4. The zero-order valence-corrected chi connectivity index (χ0v) is 17.1. The molecule has 0 aromatic rings. The number of nitrogens with zero attached hydrogens (tertiary/aromatic N) is 2. The maximum absolute atomic E-state index is 12.0. The van der Waals surface area contributed by atoms with Crippen molar-refractivity contribution >= 4 is 12.4 Å². The molecule has 0 atom stereocenters. The number of rotatable bonds is 3. The van der Waals surface area contributed by atoms with Gasteiger partial charge in [0, 0.05) is 36.9 Å². The fourth-order valence-corrected chi connectivity index (χ4v) is 2.47. The van der Waals surface area contributed by atoms with Crippen LogP contribution >= 0.6 is 0 Å². The molecule has 4 N–H and O–H groups in total. The second-order valence-corrected chi connectivity index (χ2v) is 7.44. The zero-order chi connectivity index (χ0) is 21.0. The summed E-state index contributed by atoms with van der Waals surface area (Å²) in [5.41, 5.74) is 6.42. The van der Waals surface area contributed by atoms with Gasteiger partial charge < -0.3 is 25.2 Å². The van der Waals surface area contributed by atoms with Crippen LogP contribution in [0.5, 0.6) is 0 Å². The van der Waals surface area contributed by atoms with Crippen LogP contribution in [0.4, 0.5) is 9.32 Å². The molecule has 0 radical (unpaired) electrons. The van der Waals surface area contributed by atoms with E-state index in [-0.39, 0.29) is 12.1 Å². The highest BCUT2D eigenvalue weighted by molar-refractivity contribution is 5.68. The third-order valence-electron chi connectivity index (χ3n) is 3.88. The number of hydrazine groups is 1. The lowest BCUT2D eigenvalue weighted by Gasteiger charge is -2.36. The minimum atomic E-state index is -0.449. The van der Waals surface area contributed by atoms with E-state index >= 15 is 0 Å². The molecule has 1 aliphatic heterocycles. The number of amides is 1. The lowest BCUT2D eigenvalue weighted by molar-refractivity contribution is -0.106. The molecule has 9 heteroatoms. The van der Waals surface area contributed by atoms with Crippen molar-refractivity contribution in [2.24, 2.45) is 17.5 Å². The predicted octanol–water partition coefficient (Wildman–Crippen LogP) is 2.49. The highest BCUT2D eigenvalue weighted by Crippen LogP contribution is 2.34. The highest BCUT2D eigenvalue weighted by atomic mass is 19.3. The average Bonchev–Trinajstić information content (AvgIpc) is 3.40. The van der Waals surface area contributed by atoms with Crippen molar-refractivity contribution in [1.29, 1.82) is 0 Å². The smallest absolute Gasteiger partial charge is 0.410 e. The van der Waals surface area contributed by atoms with Gasteiger partial charge >= 0.3 is 6.09 Å². The van der Waals surface area contributed by atoms with Crippen LogP contribution in [0, 0.1) is 5.92 Å². The van der Waals surface area contributed by atoms with Crippen molar-refractivity contribution in [1.82, 2.24) is 9.91 Å². The van der Waals surface area contributed by atoms with E-state index in [1.165, 1.54) is 19.8 Å². The Labute approximate surface area is 161 Å². The number of hydrogen-bond donors (Lipinski definition) is 2. The lowest BCUT2D eigenvalue weighted by atomic mass is 10.1. The van der Waals surface area contributed by atoms with E-state index in [1.54, 1.807) is 9.91 Å². The van der Waals surface area contributed by atoms with Crippen LogP contribution in [0.3, 0.4) is 0 Å². The van der Waals surface area contributed by atoms with Crippen molar-refractivity contribution in [3.05, 3.63) is 11.9 Å². The van der Waals surface area contributed by atoms with Gasteiger partial charge in [-0.05, 0) is 57.9 Å². The number of nitrogens with two attached hydrogens (primary N) is 2. The summed E-state index contributed by atoms with van der Waals surface area (Å²) < 4.78 is 15.2. The molecule has 2 rings (SSSR count). The molecule has 0 aromatic heterocycles. The molecule has 0 aromatic carbocycles. The average molecular weight is 391 g/mol. The van der Waals surface area contributed by atoms with E-state index in [4.69, 9.17) is 21.1 Å². The molecule has 0 spiro atoms. The standard InChI is InChI=1S/C15H28N4O2.C2H4O.CH3FO/c1-15(2,3)21-14(20)18-8-6-12(7-9-18)19(17)10-13(16)11-4-5-11;1-2-3;1-3-2/h10-12H,4-9,16-17H2,1-3H3;2H,1H3;1H3/b13-10-;;. The predicted molar refractivity (Wildman–Crippen MR) is 102 cm³/mol. The molecule has 158 valence electrons. The van der Waals surface area contributed by atoms with Gasteiger partial charge in [0.25, 0.3) is 0 Å². The molecule has 0 unspecified atom stereocenters. The first-order chi connectivity index (χ1) is 12.6. The number of allylic oxidation sites excluding steroid dienone is 1. The van der Waals surface area contributed by atoms with Gasteiger partial charge in [-0.1, -0.05) is 0 Å². The summed E-state index contributed by atoms with van der Waals surface area (Å²) in [4.78, 5) is 25.3. The largest absolute Gasteiger partial charge is 0.444 e. The Morgan fingerprint density at radius 2 is 1.67 bits per heavy atom. The Morgan fingerprint density at radius 1 is 1.22 bits per heavy atom. The van der Waals surface area contributed by atoms with E-state index in [9.17, 15) is 9.32 Å². The summed E-state index contributed by atoms with van der Waals surface area (Å²) in [6.07, 6.45) is 6.40. The van der Waals surface area contributed by atoms with Crippen molar-refractivity contribution < 1.29 is 23.8 Å². The SMILES string of the molecule is CC(C)(C)OC(=O)N1CCC(N(N)/C=C(\N)C2CC2)CC1.CC=O.COF. The summed E-state index contributed by atoms with van der Waals surface area (Å²) in [5.74, 6) is 6.61. The number of piperidine rings is 1. The monoisotopic (exact) mass is 390 g/mol. The molecular weight excluding hydrogens is 355 g/mol. The number of aldehydes is 1. The van der Waals surface area contributed by atoms with Crippen molar-refractivity contribution in [3.63, 3.8) is 0 Å². The van der Waals surface area contributed by atoms with Gasteiger partial charge in [0.15, 0.2) is 0 Å². The topological polar surface area (TPSA) is 111 Å². The summed E-state index contributed by atoms with van der Waals surface area (Å²) in [6, 6.07) is 0.237. The normalized spacial score (nSPS) is 17.7. The van der Waals surface area contributed by atoms with Crippen molar-refractivity contribution in [2.75, 3.05) is 20.2 Å². The van der Waals surface area contributed by atoms with E-state index in [2.05, 4.69) is 4.94 Å². The van der Waals surface area contributed by atoms with Crippen LogP contribution in [-0.4, -0.2) is 54.1 Å². The van der Waals surface area contributed by atoms with Crippen LogP contribution in [-0.2, 0) is 14.5 Å². The molecule has 27 heavy (non-hydrogen) atoms. The Morgan fingerprint density at radius 3 is 2.04 bits per heavy atom. The van der Waals surface area contributed by atoms with Crippen molar-refractivity contribution in [3.8, 4) is 0 Å². The number of carbonyl (C=O) groups is 2. The maximum Gasteiger partial charge on any atom is 0.410 e. The number of halogens is 1. The third-order valence-corrected chi connectivity index (χ3v) is 3.88. The molecular formula is C18H35FN4O4. The van der Waals surface area contributed by atoms with Gasteiger partial charge in [0.05, 0.1) is 7.11 Å². The fourth-order valence-electron chi connectivity index (χ4n) is 2.47. The van der Waals surface area contributed by atoms with E-state index in [0.717, 1.165) is 31.9 Å². The lowest BCUT2D eigenvalue weighted by Crippen LogP contribution is -2.48. The minimum absolute atomic E-state index is 0.237. The van der Waals surface area contributed by atoms with Crippen LogP contribution in [0.25, 0.3) is 0 Å². The summed E-state index contributed by atoms with van der Waals surface area (Å²) in [5, 5.41) is 1.72. The Kier molecular flexibility index (Phi) is 11.6. The highest BCUT2D eigenvalue weighted by Gasteiger charge is 2.29. The van der Waals surface area contributed by atoms with Gasteiger partial charge in [0.1, 0.15) is 11.9 Å². The number of hydrogen-bond acceptors (Lipinski definition) is 7. The Hall–Kier alpha value is -1.87. The molecule has 8 nitrogen and oxygen atoms in total. The molecule has 1 aliphatic carbocycles. The first-order valence-electron chi connectivity index (χ1n) is 9.12. The number of carbonyl (C=O) groups excluding carboxylic acids is 2. The van der Waals surface area contributed by atoms with Crippen molar-refractivity contribution in [2.45, 2.75) is 65.0 Å². The van der Waals surface area contributed by atoms with Crippen LogP contribution in [0.15, 0.2) is 11.9 Å². The second kappa shape index (κ2) is 12.5. The first-order valence-corrected chi connectivity index (χ1v) is 9.12. The Balaban J connectivity index is 0.000000997. The van der Waals surface area contributed by atoms with Gasteiger partial charge in [-0.25, -0.2) is 10.6 Å². The molecule has 2 fully saturated rings. The molecule has 1 saturated heterocycles. The van der Waals surface area contributed by atoms with E-state index < -0.39 is 5.60 Å². The molecule has 2 aliphatic rings. The van der Waals surface area contributed by atoms with Crippen LogP contribution in [0.1, 0.15) is 53.4 Å². The fraction of sp³-hybridized carbons (Fsp3) is 0.778. The maximum atomic E-state index is 12.0. The van der Waals surface area contributed by atoms with Crippen LogP contribution in [0.2, 0.25) is 0 Å².